The van der Waals surface area contributed by atoms with Crippen molar-refractivity contribution in [1.82, 2.24) is 30.2 Å². The summed E-state index contributed by atoms with van der Waals surface area (Å²) in [5, 5.41) is 9.66. The molecule has 0 radical (unpaired) electrons. The molecular formula is C9H11BrN6O. The highest BCUT2D eigenvalue weighted by atomic mass is 79.9. The van der Waals surface area contributed by atoms with E-state index in [1.54, 1.807) is 12.4 Å². The molecule has 0 aromatic carbocycles. The summed E-state index contributed by atoms with van der Waals surface area (Å²) in [5.74, 6) is 0.209. The van der Waals surface area contributed by atoms with Crippen molar-refractivity contribution in [3.8, 4) is 0 Å². The van der Waals surface area contributed by atoms with Gasteiger partial charge in [0.2, 0.25) is 5.82 Å². The maximum atomic E-state index is 11.7. The number of carbonyl (C=O) groups excluding carboxylic acids is 1. The van der Waals surface area contributed by atoms with Crippen molar-refractivity contribution < 1.29 is 4.79 Å². The maximum absolute atomic E-state index is 11.7. The Kier molecular flexibility index (Phi) is 3.64. The van der Waals surface area contributed by atoms with Crippen LogP contribution in [0.3, 0.4) is 0 Å². The van der Waals surface area contributed by atoms with Gasteiger partial charge in [-0.2, -0.15) is 4.98 Å². The quantitative estimate of drug-likeness (QED) is 0.766. The van der Waals surface area contributed by atoms with Crippen LogP contribution in [0.4, 0.5) is 0 Å². The van der Waals surface area contributed by atoms with Gasteiger partial charge >= 0.3 is 0 Å². The molecule has 7 nitrogen and oxygen atoms in total. The molecule has 1 amide bonds. The van der Waals surface area contributed by atoms with Crippen LogP contribution in [0.15, 0.2) is 16.9 Å². The number of nitrogens with zero attached hydrogens (tertiary/aromatic N) is 4. The molecule has 0 atom stereocenters. The van der Waals surface area contributed by atoms with Gasteiger partial charge in [0.15, 0.2) is 0 Å². The van der Waals surface area contributed by atoms with E-state index in [2.05, 4.69) is 41.6 Å². The number of carbonyl (C=O) groups is 1. The molecule has 0 aliphatic heterocycles. The molecule has 2 N–H and O–H groups in total. The van der Waals surface area contributed by atoms with E-state index in [0.717, 1.165) is 4.47 Å². The third-order valence-electron chi connectivity index (χ3n) is 2.03. The number of hydrogen-bond donors (Lipinski definition) is 2. The number of halogens is 1. The van der Waals surface area contributed by atoms with E-state index in [0.29, 0.717) is 18.9 Å². The Hall–Kier alpha value is -1.54. The van der Waals surface area contributed by atoms with E-state index in [9.17, 15) is 4.79 Å². The Morgan fingerprint density at radius 2 is 2.35 bits per heavy atom. The monoisotopic (exact) mass is 298 g/mol. The Balaban J connectivity index is 2.15. The largest absolute Gasteiger partial charge is 0.348 e. The highest BCUT2D eigenvalue weighted by Crippen LogP contribution is 2.07. The molecule has 0 saturated carbocycles. The molecule has 0 bridgehead atoms. The van der Waals surface area contributed by atoms with Gasteiger partial charge in [0, 0.05) is 25.5 Å². The van der Waals surface area contributed by atoms with E-state index < -0.39 is 0 Å². The smallest absolute Gasteiger partial charge is 0.291 e. The topological polar surface area (TPSA) is 84.2 Å². The normalized spacial score (nSPS) is 10.7. The maximum Gasteiger partial charge on any atom is 0.291 e. The molecule has 17 heavy (non-hydrogen) atoms. The van der Waals surface area contributed by atoms with Crippen LogP contribution < -0.4 is 10.6 Å². The fourth-order valence-electron chi connectivity index (χ4n) is 1.24. The lowest BCUT2D eigenvalue weighted by Gasteiger charge is -2.00. The molecule has 2 aromatic rings. The van der Waals surface area contributed by atoms with Crippen molar-refractivity contribution in [3.05, 3.63) is 22.7 Å². The van der Waals surface area contributed by atoms with Crippen LogP contribution in [0.5, 0.6) is 0 Å². The number of fused-ring (bicyclic) bond motifs is 1. The van der Waals surface area contributed by atoms with Crippen LogP contribution in [-0.4, -0.2) is 45.6 Å². The lowest BCUT2D eigenvalue weighted by atomic mass is 10.5. The molecule has 0 spiro atoms. The van der Waals surface area contributed by atoms with Crippen LogP contribution in [0.2, 0.25) is 0 Å². The van der Waals surface area contributed by atoms with Crippen molar-refractivity contribution in [2.75, 3.05) is 20.1 Å². The molecule has 0 unspecified atom stereocenters. The van der Waals surface area contributed by atoms with Gasteiger partial charge in [-0.25, -0.2) is 9.50 Å². The predicted octanol–water partition coefficient (Wildman–Crippen LogP) is -0.164. The Morgan fingerprint density at radius 3 is 3.12 bits per heavy atom. The number of rotatable bonds is 4. The van der Waals surface area contributed by atoms with Gasteiger partial charge in [0.1, 0.15) is 0 Å². The minimum atomic E-state index is -0.304. The molecule has 0 aliphatic rings. The lowest BCUT2D eigenvalue weighted by Crippen LogP contribution is -2.31. The zero-order valence-corrected chi connectivity index (χ0v) is 10.7. The van der Waals surface area contributed by atoms with Gasteiger partial charge in [0.05, 0.1) is 4.47 Å². The summed E-state index contributed by atoms with van der Waals surface area (Å²) < 4.78 is 2.23. The van der Waals surface area contributed by atoms with Gasteiger partial charge in [-0.1, -0.05) is 0 Å². The van der Waals surface area contributed by atoms with Crippen molar-refractivity contribution >= 4 is 27.6 Å². The zero-order chi connectivity index (χ0) is 12.3. The summed E-state index contributed by atoms with van der Waals surface area (Å²) in [6.07, 6.45) is 3.30. The molecule has 2 heterocycles. The van der Waals surface area contributed by atoms with Crippen molar-refractivity contribution in [2.45, 2.75) is 0 Å². The van der Waals surface area contributed by atoms with Gasteiger partial charge in [0.25, 0.3) is 11.7 Å². The third kappa shape index (κ3) is 2.77. The molecule has 2 aromatic heterocycles. The second-order valence-electron chi connectivity index (χ2n) is 3.31. The second-order valence-corrected chi connectivity index (χ2v) is 4.23. The van der Waals surface area contributed by atoms with Crippen molar-refractivity contribution in [3.63, 3.8) is 0 Å². The summed E-state index contributed by atoms with van der Waals surface area (Å²) in [6, 6.07) is 0. The summed E-state index contributed by atoms with van der Waals surface area (Å²) in [4.78, 5) is 19.7. The summed E-state index contributed by atoms with van der Waals surface area (Å²) in [5.41, 5.74) is 0. The van der Waals surface area contributed by atoms with Crippen LogP contribution in [0.25, 0.3) is 5.78 Å². The third-order valence-corrected chi connectivity index (χ3v) is 2.44. The van der Waals surface area contributed by atoms with Crippen molar-refractivity contribution in [2.24, 2.45) is 0 Å². The van der Waals surface area contributed by atoms with E-state index >= 15 is 0 Å². The summed E-state index contributed by atoms with van der Waals surface area (Å²) in [6.45, 7) is 1.23. The van der Waals surface area contributed by atoms with Gasteiger partial charge in [-0.3, -0.25) is 4.79 Å². The van der Waals surface area contributed by atoms with Crippen LogP contribution >= 0.6 is 15.9 Å². The highest BCUT2D eigenvalue weighted by molar-refractivity contribution is 9.10. The average molecular weight is 299 g/mol. The zero-order valence-electron chi connectivity index (χ0n) is 9.14. The Bertz CT molecular complexity index is 539. The Morgan fingerprint density at radius 1 is 1.53 bits per heavy atom. The van der Waals surface area contributed by atoms with Gasteiger partial charge in [-0.15, -0.1) is 5.10 Å². The van der Waals surface area contributed by atoms with E-state index in [1.807, 2.05) is 7.05 Å². The van der Waals surface area contributed by atoms with Crippen LogP contribution in [0.1, 0.15) is 10.6 Å². The summed E-state index contributed by atoms with van der Waals surface area (Å²) >= 11 is 3.27. The van der Waals surface area contributed by atoms with E-state index in [1.165, 1.54) is 4.52 Å². The molecule has 0 saturated heterocycles. The highest BCUT2D eigenvalue weighted by Gasteiger charge is 2.12. The standard InChI is InChI=1S/C9H11BrN6O/c1-11-2-3-12-8(17)7-14-9-13-4-6(10)5-16(9)15-7/h4-5,11H,2-3H2,1H3,(H,12,17). The van der Waals surface area contributed by atoms with Gasteiger partial charge < -0.3 is 10.6 Å². The molecule has 0 aliphatic carbocycles. The number of likely N-dealkylation sites (N-methyl/N-ethyl adjacent to an activating group) is 1. The predicted molar refractivity (Wildman–Crippen MR) is 64.7 cm³/mol. The lowest BCUT2D eigenvalue weighted by molar-refractivity contribution is 0.0944. The molecule has 2 rings (SSSR count). The van der Waals surface area contributed by atoms with Crippen LogP contribution in [0, 0.1) is 0 Å². The van der Waals surface area contributed by atoms with Crippen molar-refractivity contribution in [1.29, 1.82) is 0 Å². The number of aromatic nitrogens is 4. The first-order valence-electron chi connectivity index (χ1n) is 5.01. The fourth-order valence-corrected chi connectivity index (χ4v) is 1.53. The minimum absolute atomic E-state index is 0.117. The summed E-state index contributed by atoms with van der Waals surface area (Å²) in [7, 11) is 1.82. The second kappa shape index (κ2) is 5.19. The minimum Gasteiger partial charge on any atom is -0.348 e. The van der Waals surface area contributed by atoms with E-state index in [-0.39, 0.29) is 11.7 Å². The molecular weight excluding hydrogens is 288 g/mol. The fraction of sp³-hybridized carbons (Fsp3) is 0.333. The first-order chi connectivity index (χ1) is 8.20. The molecule has 90 valence electrons. The number of hydrogen-bond acceptors (Lipinski definition) is 5. The van der Waals surface area contributed by atoms with E-state index in [4.69, 9.17) is 0 Å². The number of amides is 1. The average Bonchev–Trinajstić information content (AvgIpc) is 2.72. The Labute approximate surface area is 106 Å². The SMILES string of the molecule is CNCCNC(=O)c1nc2ncc(Br)cn2n1. The van der Waals surface area contributed by atoms with Crippen LogP contribution in [-0.2, 0) is 0 Å². The first kappa shape index (κ1) is 11.9. The molecule has 8 heteroatoms. The first-order valence-corrected chi connectivity index (χ1v) is 5.80. The van der Waals surface area contributed by atoms with Gasteiger partial charge in [-0.05, 0) is 23.0 Å². The number of nitrogens with one attached hydrogen (secondary N) is 2. The molecule has 0 fully saturated rings.